The number of aliphatic hydroxyl groups is 1. The number of carbonyl (C=O) groups excluding carboxylic acids is 1. The summed E-state index contributed by atoms with van der Waals surface area (Å²) < 4.78 is 44.1. The van der Waals surface area contributed by atoms with Gasteiger partial charge < -0.3 is 14.7 Å². The smallest absolute Gasteiger partial charge is 0.392 e. The Kier molecular flexibility index (Phi) is 5.31. The molecule has 0 aromatic heterocycles. The zero-order chi connectivity index (χ0) is 18.0. The summed E-state index contributed by atoms with van der Waals surface area (Å²) in [6.07, 6.45) is -4.75. The summed E-state index contributed by atoms with van der Waals surface area (Å²) in [4.78, 5) is 15.9. The lowest BCUT2D eigenvalue weighted by Gasteiger charge is -2.30. The number of morpholine rings is 1. The molecule has 2 aliphatic heterocycles. The van der Waals surface area contributed by atoms with Gasteiger partial charge >= 0.3 is 6.18 Å². The van der Waals surface area contributed by atoms with E-state index in [-0.39, 0.29) is 19.0 Å². The van der Waals surface area contributed by atoms with E-state index in [4.69, 9.17) is 4.74 Å². The van der Waals surface area contributed by atoms with Crippen LogP contribution in [0.5, 0.6) is 0 Å². The van der Waals surface area contributed by atoms with Crippen molar-refractivity contribution in [2.75, 3.05) is 39.4 Å². The molecule has 5 nitrogen and oxygen atoms in total. The largest absolute Gasteiger partial charge is 0.416 e. The van der Waals surface area contributed by atoms with Crippen LogP contribution in [0.2, 0.25) is 0 Å². The first-order valence-corrected chi connectivity index (χ1v) is 8.29. The molecule has 138 valence electrons. The van der Waals surface area contributed by atoms with Gasteiger partial charge in [-0.25, -0.2) is 0 Å². The molecule has 8 heteroatoms. The third-order valence-corrected chi connectivity index (χ3v) is 4.68. The molecule has 0 spiro atoms. The number of likely N-dealkylation sites (tertiary alicyclic amines) is 1. The van der Waals surface area contributed by atoms with Gasteiger partial charge in [0.2, 0.25) is 5.91 Å². The van der Waals surface area contributed by atoms with Crippen molar-refractivity contribution in [3.8, 4) is 0 Å². The van der Waals surface area contributed by atoms with Crippen LogP contribution in [0.1, 0.15) is 23.6 Å². The highest BCUT2D eigenvalue weighted by molar-refractivity contribution is 5.78. The second-order valence-corrected chi connectivity index (χ2v) is 6.45. The van der Waals surface area contributed by atoms with Crippen molar-refractivity contribution in [1.82, 2.24) is 9.80 Å². The van der Waals surface area contributed by atoms with Gasteiger partial charge in [0.25, 0.3) is 0 Å². The van der Waals surface area contributed by atoms with Crippen LogP contribution in [0, 0.1) is 0 Å². The summed E-state index contributed by atoms with van der Waals surface area (Å²) in [5, 5.41) is 9.97. The highest BCUT2D eigenvalue weighted by Crippen LogP contribution is 2.36. The first kappa shape index (κ1) is 18.2. The van der Waals surface area contributed by atoms with Crippen molar-refractivity contribution in [3.05, 3.63) is 35.4 Å². The van der Waals surface area contributed by atoms with Crippen molar-refractivity contribution in [3.63, 3.8) is 0 Å². The topological polar surface area (TPSA) is 53.0 Å². The number of carbonyl (C=O) groups is 1. The van der Waals surface area contributed by atoms with E-state index >= 15 is 0 Å². The lowest BCUT2D eigenvalue weighted by atomic mass is 10.0. The highest BCUT2D eigenvalue weighted by Gasteiger charge is 2.36. The predicted octanol–water partition coefficient (Wildman–Crippen LogP) is 1.67. The van der Waals surface area contributed by atoms with Crippen molar-refractivity contribution in [2.24, 2.45) is 0 Å². The monoisotopic (exact) mass is 358 g/mol. The molecular formula is C17H21F3N2O3. The van der Waals surface area contributed by atoms with Crippen LogP contribution in [0.15, 0.2) is 24.3 Å². The normalized spacial score (nSPS) is 25.4. The summed E-state index contributed by atoms with van der Waals surface area (Å²) >= 11 is 0. The number of halogens is 3. The van der Waals surface area contributed by atoms with Gasteiger partial charge in [0.15, 0.2) is 0 Å². The molecule has 2 saturated heterocycles. The van der Waals surface area contributed by atoms with Gasteiger partial charge in [0, 0.05) is 25.7 Å². The van der Waals surface area contributed by atoms with Gasteiger partial charge in [-0.1, -0.05) is 12.1 Å². The Balaban J connectivity index is 1.74. The Morgan fingerprint density at radius 3 is 2.68 bits per heavy atom. The average molecular weight is 358 g/mol. The van der Waals surface area contributed by atoms with E-state index in [0.717, 1.165) is 12.1 Å². The number of rotatable bonds is 3. The average Bonchev–Trinajstić information content (AvgIpc) is 2.95. The maximum absolute atomic E-state index is 12.9. The molecule has 1 N–H and O–H groups in total. The van der Waals surface area contributed by atoms with Crippen LogP contribution in [0.3, 0.4) is 0 Å². The number of benzene rings is 1. The van der Waals surface area contributed by atoms with Crippen LogP contribution >= 0.6 is 0 Å². The van der Waals surface area contributed by atoms with Gasteiger partial charge in [-0.05, 0) is 24.1 Å². The van der Waals surface area contributed by atoms with Crippen molar-refractivity contribution in [2.45, 2.75) is 24.7 Å². The lowest BCUT2D eigenvalue weighted by molar-refractivity contribution is -0.138. The third-order valence-electron chi connectivity index (χ3n) is 4.68. The fourth-order valence-corrected chi connectivity index (χ4v) is 3.41. The number of alkyl halides is 3. The molecule has 0 aliphatic carbocycles. The van der Waals surface area contributed by atoms with Crippen LogP contribution in [0.25, 0.3) is 0 Å². The molecule has 2 heterocycles. The minimum atomic E-state index is -4.41. The van der Waals surface area contributed by atoms with Gasteiger partial charge in [0.1, 0.15) is 0 Å². The first-order valence-electron chi connectivity index (χ1n) is 8.29. The molecule has 25 heavy (non-hydrogen) atoms. The number of ether oxygens (including phenoxy) is 1. The molecule has 0 radical (unpaired) electrons. The number of β-amino-alcohol motifs (C(OH)–C–C–N with tert-alkyl or cyclic N) is 1. The van der Waals surface area contributed by atoms with E-state index in [2.05, 4.69) is 0 Å². The Bertz CT molecular complexity index is 617. The summed E-state index contributed by atoms with van der Waals surface area (Å²) in [6, 6.07) is 4.71. The predicted molar refractivity (Wildman–Crippen MR) is 83.8 cm³/mol. The summed E-state index contributed by atoms with van der Waals surface area (Å²) in [6.45, 7) is 2.37. The number of hydrogen-bond donors (Lipinski definition) is 1. The number of amides is 1. The number of aliphatic hydroxyl groups excluding tert-OH is 1. The second kappa shape index (κ2) is 7.31. The quantitative estimate of drug-likeness (QED) is 0.893. The van der Waals surface area contributed by atoms with E-state index in [0.29, 0.717) is 38.3 Å². The molecule has 1 amide bonds. The third kappa shape index (κ3) is 4.31. The molecule has 2 aliphatic rings. The van der Waals surface area contributed by atoms with Gasteiger partial charge in [-0.3, -0.25) is 9.69 Å². The maximum Gasteiger partial charge on any atom is 0.416 e. The van der Waals surface area contributed by atoms with Gasteiger partial charge in [-0.15, -0.1) is 0 Å². The van der Waals surface area contributed by atoms with E-state index in [1.807, 2.05) is 0 Å². The SMILES string of the molecule is O=C(CN1C[C@@H](O)C[C@@H]1c1cccc(C(F)(F)F)c1)N1CCOCC1. The summed E-state index contributed by atoms with van der Waals surface area (Å²) in [5.41, 5.74) is -0.244. The molecule has 1 aromatic rings. The molecule has 1 aromatic carbocycles. The Morgan fingerprint density at radius 2 is 2.00 bits per heavy atom. The van der Waals surface area contributed by atoms with E-state index in [1.54, 1.807) is 15.9 Å². The molecular weight excluding hydrogens is 337 g/mol. The first-order chi connectivity index (χ1) is 11.8. The van der Waals surface area contributed by atoms with Crippen LogP contribution < -0.4 is 0 Å². The van der Waals surface area contributed by atoms with Crippen molar-refractivity contribution in [1.29, 1.82) is 0 Å². The Morgan fingerprint density at radius 1 is 1.28 bits per heavy atom. The van der Waals surface area contributed by atoms with Crippen LogP contribution in [0.4, 0.5) is 13.2 Å². The summed E-state index contributed by atoms with van der Waals surface area (Å²) in [7, 11) is 0. The Labute approximate surface area is 144 Å². The maximum atomic E-state index is 12.9. The Hall–Kier alpha value is -1.64. The number of hydrogen-bond acceptors (Lipinski definition) is 4. The second-order valence-electron chi connectivity index (χ2n) is 6.45. The highest BCUT2D eigenvalue weighted by atomic mass is 19.4. The fourth-order valence-electron chi connectivity index (χ4n) is 3.41. The van der Waals surface area contributed by atoms with Crippen molar-refractivity contribution >= 4 is 5.91 Å². The molecule has 2 atom stereocenters. The van der Waals surface area contributed by atoms with E-state index in [9.17, 15) is 23.1 Å². The molecule has 0 bridgehead atoms. The minimum Gasteiger partial charge on any atom is -0.392 e. The molecule has 0 unspecified atom stereocenters. The fraction of sp³-hybridized carbons (Fsp3) is 0.588. The molecule has 2 fully saturated rings. The van der Waals surface area contributed by atoms with Gasteiger partial charge in [-0.2, -0.15) is 13.2 Å². The molecule has 0 saturated carbocycles. The molecule has 3 rings (SSSR count). The van der Waals surface area contributed by atoms with E-state index in [1.165, 1.54) is 6.07 Å². The van der Waals surface area contributed by atoms with E-state index < -0.39 is 23.9 Å². The standard InChI is InChI=1S/C17H21F3N2O3/c18-17(19,20)13-3-1-2-12(8-13)15-9-14(23)10-22(15)11-16(24)21-4-6-25-7-5-21/h1-3,8,14-15,23H,4-7,9-11H2/t14-,15+/m0/s1. The van der Waals surface area contributed by atoms with Crippen LogP contribution in [-0.4, -0.2) is 66.3 Å². The van der Waals surface area contributed by atoms with Crippen molar-refractivity contribution < 1.29 is 27.8 Å². The van der Waals surface area contributed by atoms with Crippen LogP contribution in [-0.2, 0) is 15.7 Å². The minimum absolute atomic E-state index is 0.0813. The van der Waals surface area contributed by atoms with Gasteiger partial charge in [0.05, 0.1) is 31.4 Å². The number of nitrogens with zero attached hydrogens (tertiary/aromatic N) is 2. The zero-order valence-corrected chi connectivity index (χ0v) is 13.7. The zero-order valence-electron chi connectivity index (χ0n) is 13.7. The summed E-state index contributed by atoms with van der Waals surface area (Å²) in [5.74, 6) is -0.0885. The lowest BCUT2D eigenvalue weighted by Crippen LogP contribution is -2.45.